The van der Waals surface area contributed by atoms with E-state index in [4.69, 9.17) is 9.84 Å². The highest BCUT2D eigenvalue weighted by Crippen LogP contribution is 2.22. The topological polar surface area (TPSA) is 100 Å². The summed E-state index contributed by atoms with van der Waals surface area (Å²) < 4.78 is 5.35. The van der Waals surface area contributed by atoms with Crippen molar-refractivity contribution in [3.63, 3.8) is 0 Å². The lowest BCUT2D eigenvalue weighted by molar-refractivity contribution is -0.138. The van der Waals surface area contributed by atoms with E-state index in [0.29, 0.717) is 18.4 Å². The average Bonchev–Trinajstić information content (AvgIpc) is 2.88. The fourth-order valence-electron chi connectivity index (χ4n) is 1.85. The maximum atomic E-state index is 11.6. The fourth-order valence-corrected chi connectivity index (χ4v) is 2.77. The molecule has 0 spiro atoms. The Balaban J connectivity index is 1.88. The van der Waals surface area contributed by atoms with Crippen molar-refractivity contribution in [1.29, 1.82) is 0 Å². The molecule has 0 aliphatic carbocycles. The first-order valence-corrected chi connectivity index (χ1v) is 8.04. The molecule has 1 heterocycles. The van der Waals surface area contributed by atoms with Gasteiger partial charge in [-0.1, -0.05) is 42.1 Å². The van der Waals surface area contributed by atoms with Crippen molar-refractivity contribution in [2.45, 2.75) is 18.3 Å². The van der Waals surface area contributed by atoms with Gasteiger partial charge < -0.3 is 15.2 Å². The molecule has 1 amide bonds. The van der Waals surface area contributed by atoms with Crippen molar-refractivity contribution in [1.82, 2.24) is 5.32 Å². The van der Waals surface area contributed by atoms with Crippen LogP contribution in [0.5, 0.6) is 0 Å². The number of nitrogens with zero attached hydrogens (tertiary/aromatic N) is 2. The van der Waals surface area contributed by atoms with Crippen LogP contribution in [0.1, 0.15) is 17.5 Å². The molecule has 1 saturated heterocycles. The van der Waals surface area contributed by atoms with Crippen molar-refractivity contribution in [3.8, 4) is 0 Å². The maximum Gasteiger partial charge on any atom is 0.305 e. The Kier molecular flexibility index (Phi) is 6.71. The van der Waals surface area contributed by atoms with Gasteiger partial charge in [-0.15, -0.1) is 11.7 Å². The third-order valence-electron chi connectivity index (χ3n) is 2.98. The number of nitrogens with one attached hydrogen (secondary N) is 1. The van der Waals surface area contributed by atoms with Gasteiger partial charge in [0.1, 0.15) is 5.25 Å². The van der Waals surface area contributed by atoms with Crippen LogP contribution < -0.4 is 5.32 Å². The summed E-state index contributed by atoms with van der Waals surface area (Å²) >= 11 is 1.07. The Bertz CT molecular complexity index is 670. The lowest BCUT2D eigenvalue weighted by atomic mass is 10.1. The van der Waals surface area contributed by atoms with Crippen molar-refractivity contribution < 1.29 is 19.4 Å². The largest absolute Gasteiger partial charge is 0.481 e. The second-order valence-electron chi connectivity index (χ2n) is 4.89. The molecule has 1 aromatic carbocycles. The SMILES string of the molecule is C=CCOCc1ccc(C=NN=C2NC(=O)C(CC(=O)O)S2)cc1. The molecule has 0 aromatic heterocycles. The molecule has 1 fully saturated rings. The highest BCUT2D eigenvalue weighted by atomic mass is 32.2. The summed E-state index contributed by atoms with van der Waals surface area (Å²) in [6.45, 7) is 4.60. The smallest absolute Gasteiger partial charge is 0.305 e. The van der Waals surface area contributed by atoms with Gasteiger partial charge in [0.2, 0.25) is 5.91 Å². The first-order valence-electron chi connectivity index (χ1n) is 7.16. The zero-order valence-corrected chi connectivity index (χ0v) is 13.7. The van der Waals surface area contributed by atoms with E-state index in [1.54, 1.807) is 12.3 Å². The maximum absolute atomic E-state index is 11.6. The molecular weight excluding hydrogens is 330 g/mol. The van der Waals surface area contributed by atoms with Crippen LogP contribution in [0, 0.1) is 0 Å². The summed E-state index contributed by atoms with van der Waals surface area (Å²) in [7, 11) is 0. The second kappa shape index (κ2) is 8.99. The number of amidine groups is 1. The van der Waals surface area contributed by atoms with E-state index in [0.717, 1.165) is 22.9 Å². The quantitative estimate of drug-likeness (QED) is 0.323. The molecular formula is C16H17N3O4S. The number of hydrogen-bond donors (Lipinski definition) is 2. The van der Waals surface area contributed by atoms with E-state index >= 15 is 0 Å². The molecule has 1 aliphatic heterocycles. The van der Waals surface area contributed by atoms with Gasteiger partial charge in [-0.3, -0.25) is 9.59 Å². The Labute approximate surface area is 143 Å². The molecule has 0 radical (unpaired) electrons. The highest BCUT2D eigenvalue weighted by molar-refractivity contribution is 8.15. The lowest BCUT2D eigenvalue weighted by Crippen LogP contribution is -2.26. The van der Waals surface area contributed by atoms with Gasteiger partial charge in [-0.25, -0.2) is 0 Å². The molecule has 1 aromatic rings. The number of ether oxygens (including phenoxy) is 1. The van der Waals surface area contributed by atoms with Crippen molar-refractivity contribution in [2.24, 2.45) is 10.2 Å². The molecule has 7 nitrogen and oxygen atoms in total. The van der Waals surface area contributed by atoms with Crippen LogP contribution in [-0.4, -0.2) is 40.2 Å². The minimum absolute atomic E-state index is 0.241. The Morgan fingerprint density at radius 3 is 2.83 bits per heavy atom. The number of amides is 1. The van der Waals surface area contributed by atoms with E-state index in [1.165, 1.54) is 0 Å². The third-order valence-corrected chi connectivity index (χ3v) is 4.05. The number of carbonyl (C=O) groups is 2. The van der Waals surface area contributed by atoms with Crippen molar-refractivity contribution >= 4 is 35.0 Å². The van der Waals surface area contributed by atoms with E-state index in [9.17, 15) is 9.59 Å². The number of rotatable bonds is 8. The van der Waals surface area contributed by atoms with Crippen LogP contribution in [-0.2, 0) is 20.9 Å². The van der Waals surface area contributed by atoms with Gasteiger partial charge in [0, 0.05) is 0 Å². The van der Waals surface area contributed by atoms with Gasteiger partial charge >= 0.3 is 5.97 Å². The number of thioether (sulfide) groups is 1. The number of benzene rings is 1. The van der Waals surface area contributed by atoms with Gasteiger partial charge in [0.25, 0.3) is 0 Å². The number of hydrogen-bond acceptors (Lipinski definition) is 6. The summed E-state index contributed by atoms with van der Waals surface area (Å²) in [5, 5.41) is 18.7. The van der Waals surface area contributed by atoms with Crippen LogP contribution in [0.4, 0.5) is 0 Å². The van der Waals surface area contributed by atoms with Crippen molar-refractivity contribution in [2.75, 3.05) is 6.61 Å². The average molecular weight is 347 g/mol. The Morgan fingerprint density at radius 2 is 2.17 bits per heavy atom. The molecule has 1 aliphatic rings. The van der Waals surface area contributed by atoms with E-state index in [2.05, 4.69) is 22.1 Å². The van der Waals surface area contributed by atoms with Gasteiger partial charge in [0.15, 0.2) is 5.17 Å². The van der Waals surface area contributed by atoms with E-state index < -0.39 is 11.2 Å². The standard InChI is InChI=1S/C16H17N3O4S/c1-2-7-23-10-12-5-3-11(4-6-12)9-17-19-16-18-15(22)13(24-16)8-14(20)21/h2-6,9,13H,1,7-8,10H2,(H,20,21)(H,18,19,22). The highest BCUT2D eigenvalue weighted by Gasteiger charge is 2.32. The van der Waals surface area contributed by atoms with E-state index in [-0.39, 0.29) is 12.3 Å². The summed E-state index contributed by atoms with van der Waals surface area (Å²) in [6.07, 6.45) is 3.01. The zero-order chi connectivity index (χ0) is 17.4. The van der Waals surface area contributed by atoms with Crippen LogP contribution >= 0.6 is 11.8 Å². The first kappa shape index (κ1) is 17.9. The number of aliphatic carboxylic acids is 1. The van der Waals surface area contributed by atoms with Crippen LogP contribution in [0.15, 0.2) is 47.1 Å². The molecule has 2 rings (SSSR count). The Hall–Kier alpha value is -2.45. The van der Waals surface area contributed by atoms with E-state index in [1.807, 2.05) is 24.3 Å². The molecule has 24 heavy (non-hydrogen) atoms. The second-order valence-corrected chi connectivity index (χ2v) is 6.08. The number of carboxylic acids is 1. The molecule has 126 valence electrons. The lowest BCUT2D eigenvalue weighted by Gasteiger charge is -2.01. The minimum Gasteiger partial charge on any atom is -0.481 e. The number of carboxylic acid groups (broad SMARTS) is 1. The van der Waals surface area contributed by atoms with Crippen LogP contribution in [0.2, 0.25) is 0 Å². The predicted octanol–water partition coefficient (Wildman–Crippen LogP) is 1.79. The van der Waals surface area contributed by atoms with Crippen molar-refractivity contribution in [3.05, 3.63) is 48.0 Å². The van der Waals surface area contributed by atoms with Gasteiger partial charge in [-0.05, 0) is 11.1 Å². The third kappa shape index (κ3) is 5.64. The molecule has 0 bridgehead atoms. The van der Waals surface area contributed by atoms with Gasteiger partial charge in [-0.2, -0.15) is 5.10 Å². The van der Waals surface area contributed by atoms with Crippen LogP contribution in [0.25, 0.3) is 0 Å². The van der Waals surface area contributed by atoms with Gasteiger partial charge in [0.05, 0.1) is 25.8 Å². The predicted molar refractivity (Wildman–Crippen MR) is 93.1 cm³/mol. The zero-order valence-electron chi connectivity index (χ0n) is 12.8. The summed E-state index contributed by atoms with van der Waals surface area (Å²) in [5.41, 5.74) is 1.89. The molecule has 0 saturated carbocycles. The molecule has 1 unspecified atom stereocenters. The molecule has 8 heteroatoms. The summed E-state index contributed by atoms with van der Waals surface area (Å²) in [6, 6.07) is 7.60. The summed E-state index contributed by atoms with van der Waals surface area (Å²) in [4.78, 5) is 22.2. The number of carbonyl (C=O) groups excluding carboxylic acids is 1. The Morgan fingerprint density at radius 1 is 1.42 bits per heavy atom. The molecule has 1 atom stereocenters. The first-order chi connectivity index (χ1) is 11.6. The fraction of sp³-hybridized carbons (Fsp3) is 0.250. The molecule has 2 N–H and O–H groups in total. The normalized spacial score (nSPS) is 18.9. The minimum atomic E-state index is -1.02. The summed E-state index contributed by atoms with van der Waals surface area (Å²) in [5.74, 6) is -1.38. The van der Waals surface area contributed by atoms with Crippen LogP contribution in [0.3, 0.4) is 0 Å². The monoisotopic (exact) mass is 347 g/mol.